The van der Waals surface area contributed by atoms with Gasteiger partial charge in [-0.1, -0.05) is 0 Å². The number of aromatic nitrogens is 4. The maximum atomic E-state index is 11.8. The van der Waals surface area contributed by atoms with Crippen molar-refractivity contribution in [1.82, 2.24) is 24.3 Å². The Labute approximate surface area is 126 Å². The van der Waals surface area contributed by atoms with E-state index >= 15 is 0 Å². The average molecular weight is 303 g/mol. The lowest BCUT2D eigenvalue weighted by Gasteiger charge is -2.04. The molecule has 6 nitrogen and oxygen atoms in total. The second-order valence-electron chi connectivity index (χ2n) is 4.94. The first-order chi connectivity index (χ1) is 10.2. The van der Waals surface area contributed by atoms with Crippen LogP contribution in [-0.4, -0.2) is 24.8 Å². The standard InChI is InChI=1S/C14H17N5OS/c1-11-9-21-14-17-12(8-19(11)14)7-16-13(20)3-2-5-18-6-4-15-10-18/h4,6,8-10H,2-3,5,7H2,1H3,(H,16,20). The molecule has 7 heteroatoms. The van der Waals surface area contributed by atoms with Crippen LogP contribution in [0.4, 0.5) is 0 Å². The number of fused-ring (bicyclic) bond motifs is 1. The first-order valence-corrected chi connectivity index (χ1v) is 7.75. The Kier molecular flexibility index (Phi) is 4.01. The largest absolute Gasteiger partial charge is 0.350 e. The number of nitrogens with zero attached hydrogens (tertiary/aromatic N) is 4. The van der Waals surface area contributed by atoms with E-state index in [9.17, 15) is 4.79 Å². The number of imidazole rings is 2. The van der Waals surface area contributed by atoms with Crippen LogP contribution >= 0.6 is 11.3 Å². The maximum Gasteiger partial charge on any atom is 0.220 e. The Morgan fingerprint density at radius 1 is 1.48 bits per heavy atom. The van der Waals surface area contributed by atoms with Crippen molar-refractivity contribution in [3.8, 4) is 0 Å². The van der Waals surface area contributed by atoms with E-state index < -0.39 is 0 Å². The van der Waals surface area contributed by atoms with Gasteiger partial charge in [-0.05, 0) is 13.3 Å². The molecule has 0 atom stereocenters. The highest BCUT2D eigenvalue weighted by Crippen LogP contribution is 2.15. The first-order valence-electron chi connectivity index (χ1n) is 6.87. The van der Waals surface area contributed by atoms with Crippen LogP contribution in [0.1, 0.15) is 24.2 Å². The van der Waals surface area contributed by atoms with Crippen LogP contribution in [0, 0.1) is 6.92 Å². The molecule has 21 heavy (non-hydrogen) atoms. The van der Waals surface area contributed by atoms with Crippen LogP contribution in [-0.2, 0) is 17.9 Å². The quantitative estimate of drug-likeness (QED) is 0.757. The number of carbonyl (C=O) groups is 1. The molecular formula is C14H17N5OS. The van der Waals surface area contributed by atoms with E-state index in [2.05, 4.69) is 20.7 Å². The first kappa shape index (κ1) is 13.8. The van der Waals surface area contributed by atoms with Crippen molar-refractivity contribution in [3.05, 3.63) is 41.7 Å². The number of nitrogens with one attached hydrogen (secondary N) is 1. The van der Waals surface area contributed by atoms with Gasteiger partial charge in [0.25, 0.3) is 0 Å². The van der Waals surface area contributed by atoms with Crippen molar-refractivity contribution in [2.45, 2.75) is 32.9 Å². The Morgan fingerprint density at radius 2 is 2.38 bits per heavy atom. The molecule has 3 aromatic heterocycles. The van der Waals surface area contributed by atoms with Gasteiger partial charge in [0.1, 0.15) is 0 Å². The zero-order valence-corrected chi connectivity index (χ0v) is 12.6. The number of carbonyl (C=O) groups excluding carboxylic acids is 1. The number of hydrogen-bond acceptors (Lipinski definition) is 4. The van der Waals surface area contributed by atoms with Crippen LogP contribution in [0.25, 0.3) is 4.96 Å². The minimum atomic E-state index is 0.0585. The highest BCUT2D eigenvalue weighted by atomic mass is 32.1. The zero-order valence-electron chi connectivity index (χ0n) is 11.8. The van der Waals surface area contributed by atoms with Gasteiger partial charge in [0.05, 0.1) is 18.6 Å². The summed E-state index contributed by atoms with van der Waals surface area (Å²) in [6, 6.07) is 0. The summed E-state index contributed by atoms with van der Waals surface area (Å²) in [5, 5.41) is 4.98. The third-order valence-electron chi connectivity index (χ3n) is 3.28. The maximum absolute atomic E-state index is 11.8. The van der Waals surface area contributed by atoms with Crippen molar-refractivity contribution in [1.29, 1.82) is 0 Å². The molecule has 1 N–H and O–H groups in total. The lowest BCUT2D eigenvalue weighted by atomic mass is 10.3. The smallest absolute Gasteiger partial charge is 0.220 e. The molecule has 0 aliphatic carbocycles. The molecule has 0 aromatic carbocycles. The lowest BCUT2D eigenvalue weighted by molar-refractivity contribution is -0.121. The predicted octanol–water partition coefficient (Wildman–Crippen LogP) is 2.00. The van der Waals surface area contributed by atoms with Crippen LogP contribution in [0.2, 0.25) is 0 Å². The highest BCUT2D eigenvalue weighted by molar-refractivity contribution is 7.15. The molecule has 0 saturated heterocycles. The summed E-state index contributed by atoms with van der Waals surface area (Å²) in [5.41, 5.74) is 2.06. The van der Waals surface area contributed by atoms with Crippen molar-refractivity contribution < 1.29 is 4.79 Å². The Hall–Kier alpha value is -2.15. The SMILES string of the molecule is Cc1csc2nc(CNC(=O)CCCn3ccnc3)cn12. The van der Waals surface area contributed by atoms with Crippen molar-refractivity contribution in [2.75, 3.05) is 0 Å². The molecule has 0 fully saturated rings. The fraction of sp³-hybridized carbons (Fsp3) is 0.357. The molecule has 0 spiro atoms. The molecule has 3 rings (SSSR count). The van der Waals surface area contributed by atoms with Gasteiger partial charge < -0.3 is 9.88 Å². The number of rotatable bonds is 6. The van der Waals surface area contributed by atoms with Gasteiger partial charge in [-0.3, -0.25) is 9.20 Å². The Balaban J connectivity index is 1.44. The second kappa shape index (κ2) is 6.09. The van der Waals surface area contributed by atoms with Gasteiger partial charge in [-0.15, -0.1) is 11.3 Å². The second-order valence-corrected chi connectivity index (χ2v) is 5.78. The van der Waals surface area contributed by atoms with Crippen LogP contribution in [0.5, 0.6) is 0 Å². The molecule has 0 saturated carbocycles. The fourth-order valence-corrected chi connectivity index (χ4v) is 3.01. The molecule has 3 aromatic rings. The topological polar surface area (TPSA) is 64.2 Å². The molecule has 0 bridgehead atoms. The van der Waals surface area contributed by atoms with Gasteiger partial charge >= 0.3 is 0 Å². The summed E-state index contributed by atoms with van der Waals surface area (Å²) in [6.07, 6.45) is 8.70. The van der Waals surface area contributed by atoms with Crippen molar-refractivity contribution >= 4 is 22.2 Å². The normalized spacial score (nSPS) is 11.1. The molecular weight excluding hydrogens is 286 g/mol. The molecule has 0 aliphatic rings. The van der Waals surface area contributed by atoms with E-state index in [-0.39, 0.29) is 5.91 Å². The Morgan fingerprint density at radius 3 is 3.14 bits per heavy atom. The van der Waals surface area contributed by atoms with Crippen molar-refractivity contribution in [2.24, 2.45) is 0 Å². The van der Waals surface area contributed by atoms with E-state index in [1.54, 1.807) is 23.9 Å². The lowest BCUT2D eigenvalue weighted by Crippen LogP contribution is -2.22. The molecule has 0 unspecified atom stereocenters. The summed E-state index contributed by atoms with van der Waals surface area (Å²) >= 11 is 1.61. The van der Waals surface area contributed by atoms with E-state index in [1.807, 2.05) is 28.3 Å². The van der Waals surface area contributed by atoms with E-state index in [0.29, 0.717) is 13.0 Å². The summed E-state index contributed by atoms with van der Waals surface area (Å²) < 4.78 is 4.02. The summed E-state index contributed by atoms with van der Waals surface area (Å²) in [5.74, 6) is 0.0585. The summed E-state index contributed by atoms with van der Waals surface area (Å²) in [4.78, 5) is 21.2. The fourth-order valence-electron chi connectivity index (χ4n) is 2.14. The van der Waals surface area contributed by atoms with E-state index in [1.165, 1.54) is 5.69 Å². The summed E-state index contributed by atoms with van der Waals surface area (Å²) in [6.45, 7) is 3.34. The number of aryl methyl sites for hydroxylation is 2. The molecule has 110 valence electrons. The third kappa shape index (κ3) is 3.30. The van der Waals surface area contributed by atoms with Crippen LogP contribution in [0.15, 0.2) is 30.3 Å². The minimum Gasteiger partial charge on any atom is -0.350 e. The van der Waals surface area contributed by atoms with Gasteiger partial charge in [0.2, 0.25) is 5.91 Å². The zero-order chi connectivity index (χ0) is 14.7. The van der Waals surface area contributed by atoms with Gasteiger partial charge in [0.15, 0.2) is 4.96 Å². The van der Waals surface area contributed by atoms with E-state index in [0.717, 1.165) is 23.6 Å². The molecule has 1 amide bonds. The van der Waals surface area contributed by atoms with E-state index in [4.69, 9.17) is 0 Å². The van der Waals surface area contributed by atoms with Gasteiger partial charge in [-0.2, -0.15) is 0 Å². The highest BCUT2D eigenvalue weighted by Gasteiger charge is 2.07. The molecule has 0 radical (unpaired) electrons. The van der Waals surface area contributed by atoms with Crippen LogP contribution < -0.4 is 5.32 Å². The van der Waals surface area contributed by atoms with Crippen molar-refractivity contribution in [3.63, 3.8) is 0 Å². The number of hydrogen-bond donors (Lipinski definition) is 1. The van der Waals surface area contributed by atoms with Crippen LogP contribution in [0.3, 0.4) is 0 Å². The third-order valence-corrected chi connectivity index (χ3v) is 4.24. The Bertz CT molecular complexity index is 728. The van der Waals surface area contributed by atoms with Gasteiger partial charge in [-0.25, -0.2) is 9.97 Å². The number of amides is 1. The monoisotopic (exact) mass is 303 g/mol. The summed E-state index contributed by atoms with van der Waals surface area (Å²) in [7, 11) is 0. The minimum absolute atomic E-state index is 0.0585. The average Bonchev–Trinajstić information content (AvgIpc) is 3.16. The number of thiazole rings is 1. The predicted molar refractivity (Wildman–Crippen MR) is 81.1 cm³/mol. The molecule has 0 aliphatic heterocycles. The molecule has 3 heterocycles. The van der Waals surface area contributed by atoms with Gasteiger partial charge in [0, 0.05) is 42.6 Å².